The molecule has 0 aliphatic rings. The summed E-state index contributed by atoms with van der Waals surface area (Å²) in [6, 6.07) is 16.2. The van der Waals surface area contributed by atoms with Gasteiger partial charge < -0.3 is 10.2 Å². The van der Waals surface area contributed by atoms with Gasteiger partial charge in [-0.15, -0.1) is 0 Å². The number of rotatable bonds is 4. The van der Waals surface area contributed by atoms with Crippen molar-refractivity contribution in [2.75, 3.05) is 0 Å². The standard InChI is InChI=1S/C17H18N2O/c1-12-6-5-9-15-17(12)20-16(19-15)11-10-14(18)13-7-3-2-4-8-13/h2-9,14H,10-11,18H2,1H3. The van der Waals surface area contributed by atoms with Crippen LogP contribution in [0.5, 0.6) is 0 Å². The highest BCUT2D eigenvalue weighted by atomic mass is 16.3. The largest absolute Gasteiger partial charge is 0.440 e. The second kappa shape index (κ2) is 5.47. The number of nitrogens with two attached hydrogens (primary N) is 1. The van der Waals surface area contributed by atoms with Crippen molar-refractivity contribution in [1.29, 1.82) is 0 Å². The summed E-state index contributed by atoms with van der Waals surface area (Å²) in [6.45, 7) is 2.03. The molecule has 3 heteroatoms. The Morgan fingerprint density at radius 3 is 2.65 bits per heavy atom. The monoisotopic (exact) mass is 266 g/mol. The van der Waals surface area contributed by atoms with E-state index in [1.807, 2.05) is 43.3 Å². The highest BCUT2D eigenvalue weighted by Crippen LogP contribution is 2.22. The third kappa shape index (κ3) is 2.58. The van der Waals surface area contributed by atoms with Crippen LogP contribution in [0, 0.1) is 6.92 Å². The number of aromatic nitrogens is 1. The van der Waals surface area contributed by atoms with Crippen LogP contribution < -0.4 is 5.73 Å². The first-order valence-electron chi connectivity index (χ1n) is 6.89. The molecule has 20 heavy (non-hydrogen) atoms. The van der Waals surface area contributed by atoms with Gasteiger partial charge in [0.25, 0.3) is 0 Å². The molecule has 0 aliphatic carbocycles. The van der Waals surface area contributed by atoms with E-state index in [1.165, 1.54) is 0 Å². The van der Waals surface area contributed by atoms with Gasteiger partial charge in [-0.2, -0.15) is 0 Å². The molecule has 0 aliphatic heterocycles. The van der Waals surface area contributed by atoms with Crippen LogP contribution in [0.4, 0.5) is 0 Å². The average Bonchev–Trinajstić information content (AvgIpc) is 2.90. The van der Waals surface area contributed by atoms with Crippen LogP contribution >= 0.6 is 0 Å². The van der Waals surface area contributed by atoms with Crippen LogP contribution in [-0.4, -0.2) is 4.98 Å². The summed E-state index contributed by atoms with van der Waals surface area (Å²) in [7, 11) is 0. The van der Waals surface area contributed by atoms with Gasteiger partial charge in [-0.1, -0.05) is 42.5 Å². The summed E-state index contributed by atoms with van der Waals surface area (Å²) in [5, 5.41) is 0. The van der Waals surface area contributed by atoms with E-state index in [4.69, 9.17) is 10.2 Å². The van der Waals surface area contributed by atoms with Crippen molar-refractivity contribution in [2.24, 2.45) is 5.73 Å². The topological polar surface area (TPSA) is 52.0 Å². The Balaban J connectivity index is 1.72. The number of hydrogen-bond acceptors (Lipinski definition) is 3. The Bertz CT molecular complexity index is 703. The van der Waals surface area contributed by atoms with Crippen LogP contribution in [0.3, 0.4) is 0 Å². The van der Waals surface area contributed by atoms with E-state index >= 15 is 0 Å². The highest BCUT2D eigenvalue weighted by Gasteiger charge is 2.10. The molecule has 0 fully saturated rings. The number of hydrogen-bond donors (Lipinski definition) is 1. The van der Waals surface area contributed by atoms with Gasteiger partial charge in [0.1, 0.15) is 5.52 Å². The summed E-state index contributed by atoms with van der Waals surface area (Å²) < 4.78 is 5.82. The average molecular weight is 266 g/mol. The minimum absolute atomic E-state index is 0.0207. The molecule has 1 atom stereocenters. The fourth-order valence-electron chi connectivity index (χ4n) is 2.39. The van der Waals surface area contributed by atoms with Crippen molar-refractivity contribution >= 4 is 11.1 Å². The van der Waals surface area contributed by atoms with Gasteiger partial charge in [-0.05, 0) is 30.5 Å². The molecular weight excluding hydrogens is 248 g/mol. The van der Waals surface area contributed by atoms with Gasteiger partial charge in [-0.3, -0.25) is 0 Å². The van der Waals surface area contributed by atoms with Crippen LogP contribution in [0.15, 0.2) is 52.9 Å². The third-order valence-corrected chi connectivity index (χ3v) is 3.55. The van der Waals surface area contributed by atoms with Crippen LogP contribution in [-0.2, 0) is 6.42 Å². The maximum absolute atomic E-state index is 6.20. The first-order chi connectivity index (χ1) is 9.74. The molecule has 0 saturated heterocycles. The Kier molecular flexibility index (Phi) is 3.52. The maximum atomic E-state index is 6.20. The van der Waals surface area contributed by atoms with Crippen molar-refractivity contribution in [1.82, 2.24) is 4.98 Å². The molecule has 0 amide bonds. The summed E-state index contributed by atoms with van der Waals surface area (Å²) >= 11 is 0. The van der Waals surface area contributed by atoms with Gasteiger partial charge in [0.05, 0.1) is 0 Å². The Hall–Kier alpha value is -2.13. The van der Waals surface area contributed by atoms with E-state index in [9.17, 15) is 0 Å². The Morgan fingerprint density at radius 1 is 1.10 bits per heavy atom. The minimum atomic E-state index is 0.0207. The summed E-state index contributed by atoms with van der Waals surface area (Å²) in [5.41, 5.74) is 10.3. The number of nitrogens with zero attached hydrogens (tertiary/aromatic N) is 1. The van der Waals surface area contributed by atoms with Crippen LogP contribution in [0.25, 0.3) is 11.1 Å². The second-order valence-corrected chi connectivity index (χ2v) is 5.09. The van der Waals surface area contributed by atoms with Gasteiger partial charge in [0.15, 0.2) is 11.5 Å². The van der Waals surface area contributed by atoms with E-state index in [-0.39, 0.29) is 6.04 Å². The lowest BCUT2D eigenvalue weighted by molar-refractivity contribution is 0.500. The lowest BCUT2D eigenvalue weighted by Gasteiger charge is -2.10. The van der Waals surface area contributed by atoms with Crippen LogP contribution in [0.1, 0.15) is 29.5 Å². The molecule has 1 unspecified atom stereocenters. The molecule has 2 N–H and O–H groups in total. The zero-order chi connectivity index (χ0) is 13.9. The highest BCUT2D eigenvalue weighted by molar-refractivity contribution is 5.75. The molecule has 2 aromatic carbocycles. The molecule has 0 saturated carbocycles. The summed E-state index contributed by atoms with van der Waals surface area (Å²) in [4.78, 5) is 4.52. The lowest BCUT2D eigenvalue weighted by atomic mass is 10.0. The summed E-state index contributed by atoms with van der Waals surface area (Å²) in [5.74, 6) is 0.765. The van der Waals surface area contributed by atoms with Gasteiger partial charge in [0, 0.05) is 12.5 Å². The number of oxazole rings is 1. The zero-order valence-electron chi connectivity index (χ0n) is 11.5. The predicted molar refractivity (Wildman–Crippen MR) is 80.4 cm³/mol. The molecule has 1 aromatic heterocycles. The molecular formula is C17H18N2O. The molecule has 0 radical (unpaired) electrons. The van der Waals surface area contributed by atoms with Gasteiger partial charge in [0.2, 0.25) is 0 Å². The van der Waals surface area contributed by atoms with Crippen molar-refractivity contribution in [3.8, 4) is 0 Å². The minimum Gasteiger partial charge on any atom is -0.440 e. The molecule has 3 rings (SSSR count). The molecule has 3 aromatic rings. The fraction of sp³-hybridized carbons (Fsp3) is 0.235. The maximum Gasteiger partial charge on any atom is 0.195 e. The van der Waals surface area contributed by atoms with Crippen molar-refractivity contribution in [3.05, 3.63) is 65.5 Å². The number of fused-ring (bicyclic) bond motifs is 1. The Labute approximate surface area is 118 Å². The molecule has 102 valence electrons. The zero-order valence-corrected chi connectivity index (χ0v) is 11.5. The van der Waals surface area contributed by atoms with E-state index in [2.05, 4.69) is 17.1 Å². The SMILES string of the molecule is Cc1cccc2nc(CCC(N)c3ccccc3)oc12. The first-order valence-corrected chi connectivity index (χ1v) is 6.89. The number of para-hydroxylation sites is 1. The second-order valence-electron chi connectivity index (χ2n) is 5.09. The smallest absolute Gasteiger partial charge is 0.195 e. The van der Waals surface area contributed by atoms with Crippen molar-refractivity contribution in [2.45, 2.75) is 25.8 Å². The van der Waals surface area contributed by atoms with E-state index < -0.39 is 0 Å². The number of aryl methyl sites for hydroxylation is 2. The predicted octanol–water partition coefficient (Wildman–Crippen LogP) is 3.77. The molecule has 3 nitrogen and oxygen atoms in total. The van der Waals surface area contributed by atoms with E-state index in [1.54, 1.807) is 0 Å². The molecule has 0 spiro atoms. The quantitative estimate of drug-likeness (QED) is 0.782. The fourth-order valence-corrected chi connectivity index (χ4v) is 2.39. The molecule has 1 heterocycles. The van der Waals surface area contributed by atoms with Gasteiger partial charge in [-0.25, -0.2) is 4.98 Å². The summed E-state index contributed by atoms with van der Waals surface area (Å²) in [6.07, 6.45) is 1.58. The normalized spacial score (nSPS) is 12.7. The van der Waals surface area contributed by atoms with Crippen molar-refractivity contribution < 1.29 is 4.42 Å². The lowest BCUT2D eigenvalue weighted by Crippen LogP contribution is -2.11. The molecule has 0 bridgehead atoms. The van der Waals surface area contributed by atoms with Gasteiger partial charge >= 0.3 is 0 Å². The van der Waals surface area contributed by atoms with E-state index in [0.717, 1.165) is 41.0 Å². The number of benzene rings is 2. The Morgan fingerprint density at radius 2 is 1.90 bits per heavy atom. The van der Waals surface area contributed by atoms with E-state index in [0.29, 0.717) is 0 Å². The third-order valence-electron chi connectivity index (χ3n) is 3.55. The first kappa shape index (κ1) is 12.9. The van der Waals surface area contributed by atoms with Crippen molar-refractivity contribution in [3.63, 3.8) is 0 Å². The van der Waals surface area contributed by atoms with Crippen LogP contribution in [0.2, 0.25) is 0 Å².